The summed E-state index contributed by atoms with van der Waals surface area (Å²) in [5, 5.41) is 0. The number of fused-ring (bicyclic) bond motifs is 4. The first-order chi connectivity index (χ1) is 11.3. The molecule has 0 fully saturated rings. The van der Waals surface area contributed by atoms with E-state index in [4.69, 9.17) is 0 Å². The molecular weight excluding hydrogens is 296 g/mol. The molecule has 4 heteroatoms. The molecule has 4 rings (SSSR count). The third-order valence-electron chi connectivity index (χ3n) is 6.60. The first-order valence-corrected chi connectivity index (χ1v) is 9.06. The van der Waals surface area contributed by atoms with Gasteiger partial charge in [0.1, 0.15) is 18.2 Å². The number of allylic oxidation sites excluding steroid dienone is 4. The van der Waals surface area contributed by atoms with Crippen molar-refractivity contribution in [2.75, 3.05) is 9.80 Å². The summed E-state index contributed by atoms with van der Waals surface area (Å²) in [7, 11) is 0. The lowest BCUT2D eigenvalue weighted by Crippen LogP contribution is -2.62. The Balaban J connectivity index is 2.02. The first-order valence-electron chi connectivity index (χ1n) is 9.06. The maximum Gasteiger partial charge on any atom is 0.157 e. The summed E-state index contributed by atoms with van der Waals surface area (Å²) in [6.45, 7) is 14.2. The summed E-state index contributed by atoms with van der Waals surface area (Å²) in [4.78, 5) is 14.1. The van der Waals surface area contributed by atoms with Crippen LogP contribution in [0.4, 0.5) is 11.5 Å². The number of nitrogens with zero attached hydrogens (tertiary/aromatic N) is 4. The van der Waals surface area contributed by atoms with Crippen molar-refractivity contribution in [1.29, 1.82) is 0 Å². The topological polar surface area (TPSA) is 32.3 Å². The highest BCUT2D eigenvalue weighted by Crippen LogP contribution is 2.60. The van der Waals surface area contributed by atoms with Gasteiger partial charge in [-0.1, -0.05) is 39.8 Å². The van der Waals surface area contributed by atoms with Crippen molar-refractivity contribution in [1.82, 2.24) is 9.97 Å². The monoisotopic (exact) mass is 324 g/mol. The average Bonchev–Trinajstić information content (AvgIpc) is 2.90. The van der Waals surface area contributed by atoms with E-state index >= 15 is 0 Å². The number of aromatic nitrogens is 2. The fourth-order valence-corrected chi connectivity index (χ4v) is 4.69. The van der Waals surface area contributed by atoms with Crippen LogP contribution in [0, 0.1) is 10.8 Å². The molecule has 128 valence electrons. The molecule has 4 nitrogen and oxygen atoms in total. The summed E-state index contributed by atoms with van der Waals surface area (Å²) < 4.78 is 0. The molecule has 0 amide bonds. The molecule has 1 aliphatic carbocycles. The minimum absolute atomic E-state index is 0.0679. The van der Waals surface area contributed by atoms with Crippen molar-refractivity contribution in [2.24, 2.45) is 10.8 Å². The summed E-state index contributed by atoms with van der Waals surface area (Å²) in [6.07, 6.45) is 10.9. The Kier molecular flexibility index (Phi) is 3.16. The fourth-order valence-electron chi connectivity index (χ4n) is 4.69. The molecule has 0 aromatic carbocycles. The highest BCUT2D eigenvalue weighted by Gasteiger charge is 2.58. The van der Waals surface area contributed by atoms with Crippen LogP contribution in [0.3, 0.4) is 0 Å². The second-order valence-corrected chi connectivity index (χ2v) is 8.62. The number of hydrogen-bond donors (Lipinski definition) is 0. The van der Waals surface area contributed by atoms with Crippen molar-refractivity contribution in [3.8, 4) is 0 Å². The predicted molar refractivity (Wildman–Crippen MR) is 98.9 cm³/mol. The van der Waals surface area contributed by atoms with Crippen LogP contribution in [0.2, 0.25) is 0 Å². The number of rotatable bonds is 1. The molecule has 3 aliphatic rings. The lowest BCUT2D eigenvalue weighted by Gasteiger charge is -2.58. The minimum Gasteiger partial charge on any atom is -0.331 e. The van der Waals surface area contributed by atoms with Crippen molar-refractivity contribution >= 4 is 11.5 Å². The van der Waals surface area contributed by atoms with E-state index in [2.05, 4.69) is 73.5 Å². The lowest BCUT2D eigenvalue weighted by atomic mass is 9.58. The molecule has 0 N–H and O–H groups in total. The molecule has 0 spiro atoms. The van der Waals surface area contributed by atoms with Gasteiger partial charge in [0.25, 0.3) is 0 Å². The largest absolute Gasteiger partial charge is 0.331 e. The molecule has 0 saturated carbocycles. The van der Waals surface area contributed by atoms with E-state index in [9.17, 15) is 0 Å². The van der Waals surface area contributed by atoms with E-state index in [0.29, 0.717) is 6.04 Å². The Morgan fingerprint density at radius 1 is 1.21 bits per heavy atom. The molecule has 3 heterocycles. The van der Waals surface area contributed by atoms with E-state index in [0.717, 1.165) is 18.7 Å². The normalized spacial score (nSPS) is 26.5. The molecule has 24 heavy (non-hydrogen) atoms. The molecular formula is C20H28N4. The molecule has 1 unspecified atom stereocenters. The lowest BCUT2D eigenvalue weighted by molar-refractivity contribution is 0.0966. The van der Waals surface area contributed by atoms with E-state index in [1.165, 1.54) is 17.0 Å². The number of hydrogen-bond acceptors (Lipinski definition) is 4. The van der Waals surface area contributed by atoms with Crippen molar-refractivity contribution in [2.45, 2.75) is 66.6 Å². The van der Waals surface area contributed by atoms with Gasteiger partial charge in [-0.3, -0.25) is 0 Å². The molecule has 1 aromatic rings. The Hall–Kier alpha value is -1.84. The van der Waals surface area contributed by atoms with Crippen LogP contribution < -0.4 is 9.80 Å². The van der Waals surface area contributed by atoms with Crippen LogP contribution in [-0.2, 0) is 0 Å². The third-order valence-corrected chi connectivity index (χ3v) is 6.60. The summed E-state index contributed by atoms with van der Waals surface area (Å²) in [5.41, 5.74) is 4.28. The van der Waals surface area contributed by atoms with Gasteiger partial charge < -0.3 is 9.80 Å². The molecule has 1 atom stereocenters. The SMILES string of the molecule is CC(C)N1c2ncncc2N2C3=C(C=CCC3)C(C)(C)C(C)(C)C21. The number of anilines is 2. The summed E-state index contributed by atoms with van der Waals surface area (Å²) in [5.74, 6) is 1.08. The molecule has 0 radical (unpaired) electrons. The van der Waals surface area contributed by atoms with E-state index < -0.39 is 0 Å². The molecule has 0 bridgehead atoms. The van der Waals surface area contributed by atoms with E-state index in [1.807, 2.05) is 6.20 Å². The van der Waals surface area contributed by atoms with Gasteiger partial charge in [-0.2, -0.15) is 0 Å². The Labute approximate surface area is 145 Å². The van der Waals surface area contributed by atoms with Gasteiger partial charge in [0.15, 0.2) is 5.82 Å². The quantitative estimate of drug-likeness (QED) is 0.761. The standard InChI is InChI=1S/C20H28N4/c1-13(2)23-17-16(11-21-12-22-17)24-15-10-8-7-9-14(15)19(3,4)20(5,6)18(23)24/h7,9,11-13,18H,8,10H2,1-6H3. The summed E-state index contributed by atoms with van der Waals surface area (Å²) in [6, 6.07) is 0.394. The van der Waals surface area contributed by atoms with E-state index in [1.54, 1.807) is 6.33 Å². The van der Waals surface area contributed by atoms with Crippen molar-refractivity contribution in [3.63, 3.8) is 0 Å². The van der Waals surface area contributed by atoms with Gasteiger partial charge in [-0.05, 0) is 32.3 Å². The van der Waals surface area contributed by atoms with Gasteiger partial charge in [-0.15, -0.1) is 0 Å². The maximum absolute atomic E-state index is 4.67. The second kappa shape index (κ2) is 4.84. The Bertz CT molecular complexity index is 742. The van der Waals surface area contributed by atoms with Crippen molar-refractivity contribution < 1.29 is 0 Å². The van der Waals surface area contributed by atoms with Gasteiger partial charge in [0.05, 0.1) is 6.20 Å². The molecule has 1 aromatic heterocycles. The van der Waals surface area contributed by atoms with Gasteiger partial charge in [0, 0.05) is 22.6 Å². The highest BCUT2D eigenvalue weighted by molar-refractivity contribution is 5.78. The Morgan fingerprint density at radius 3 is 2.67 bits per heavy atom. The van der Waals surface area contributed by atoms with Crippen LogP contribution in [0.15, 0.2) is 35.9 Å². The van der Waals surface area contributed by atoms with Crippen LogP contribution in [0.1, 0.15) is 54.4 Å². The van der Waals surface area contributed by atoms with Crippen LogP contribution in [0.5, 0.6) is 0 Å². The second-order valence-electron chi connectivity index (χ2n) is 8.62. The van der Waals surface area contributed by atoms with Crippen LogP contribution in [-0.4, -0.2) is 22.2 Å². The Morgan fingerprint density at radius 2 is 1.96 bits per heavy atom. The highest BCUT2D eigenvalue weighted by atomic mass is 15.5. The van der Waals surface area contributed by atoms with Gasteiger partial charge >= 0.3 is 0 Å². The fraction of sp³-hybridized carbons (Fsp3) is 0.600. The zero-order valence-corrected chi connectivity index (χ0v) is 15.7. The zero-order chi connectivity index (χ0) is 17.3. The van der Waals surface area contributed by atoms with Gasteiger partial charge in [-0.25, -0.2) is 9.97 Å². The van der Waals surface area contributed by atoms with Gasteiger partial charge in [0.2, 0.25) is 0 Å². The zero-order valence-electron chi connectivity index (χ0n) is 15.7. The molecule has 0 saturated heterocycles. The van der Waals surface area contributed by atoms with Crippen molar-refractivity contribution in [3.05, 3.63) is 35.9 Å². The minimum atomic E-state index is 0.0679. The predicted octanol–water partition coefficient (Wildman–Crippen LogP) is 4.51. The van der Waals surface area contributed by atoms with Crippen LogP contribution in [0.25, 0.3) is 0 Å². The maximum atomic E-state index is 4.67. The molecule has 2 aliphatic heterocycles. The van der Waals surface area contributed by atoms with E-state index in [-0.39, 0.29) is 17.0 Å². The third kappa shape index (κ3) is 1.74. The average molecular weight is 324 g/mol. The first kappa shape index (κ1) is 15.7. The smallest absolute Gasteiger partial charge is 0.157 e. The van der Waals surface area contributed by atoms with Crippen LogP contribution >= 0.6 is 0 Å². The summed E-state index contributed by atoms with van der Waals surface area (Å²) >= 11 is 0.